The Morgan fingerprint density at radius 1 is 0.565 bits per heavy atom. The van der Waals surface area contributed by atoms with Crippen LogP contribution in [0.3, 0.4) is 0 Å². The summed E-state index contributed by atoms with van der Waals surface area (Å²) < 4.78 is 71.2. The van der Waals surface area contributed by atoms with E-state index in [1.165, 1.54) is 0 Å². The molecular weight excluding hydrogens is 820 g/mol. The molecule has 0 amide bonds. The molecule has 16 nitrogen and oxygen atoms in total. The lowest BCUT2D eigenvalue weighted by atomic mass is 9.79. The van der Waals surface area contributed by atoms with E-state index in [0.29, 0.717) is 13.2 Å². The third-order valence-electron chi connectivity index (χ3n) is 11.9. The second-order valence-corrected chi connectivity index (χ2v) is 19.4. The van der Waals surface area contributed by atoms with Gasteiger partial charge >= 0.3 is 14.2 Å². The first-order chi connectivity index (χ1) is 29.2. The van der Waals surface area contributed by atoms with Gasteiger partial charge in [-0.1, -0.05) is 24.3 Å². The van der Waals surface area contributed by atoms with Crippen molar-refractivity contribution in [3.05, 3.63) is 48.5 Å². The number of hydrogen-bond donors (Lipinski definition) is 2. The van der Waals surface area contributed by atoms with Crippen molar-refractivity contribution < 1.29 is 60.4 Å². The Balaban J connectivity index is 0.000000194. The Labute approximate surface area is 371 Å². The van der Waals surface area contributed by atoms with Crippen molar-refractivity contribution in [2.45, 2.75) is 77.8 Å². The normalized spacial score (nSPS) is 22.4. The van der Waals surface area contributed by atoms with Crippen molar-refractivity contribution >= 4 is 35.3 Å². The average molecular weight is 894 g/mol. The molecule has 5 aliphatic heterocycles. The Bertz CT molecular complexity index is 1650. The SMILES string of the molecule is CC1(C)OB(c2ccc(O)cc2)OC1(C)C.CC1(C)OB(c2ccc(OCCN3CCOCC3)cc2)OC1(C)C.CS(=O)(=O)OCCN1CCOCC1.OCCN1CCOCC1. The minimum Gasteiger partial charge on any atom is -0.508 e. The summed E-state index contributed by atoms with van der Waals surface area (Å²) in [6.45, 7) is 30.3. The minimum absolute atomic E-state index is 0.235. The van der Waals surface area contributed by atoms with Crippen molar-refractivity contribution in [2.75, 3.05) is 125 Å². The molecule has 0 unspecified atom stereocenters. The summed E-state index contributed by atoms with van der Waals surface area (Å²) in [4.78, 5) is 6.68. The maximum Gasteiger partial charge on any atom is 0.494 e. The van der Waals surface area contributed by atoms with E-state index in [-0.39, 0.29) is 55.6 Å². The van der Waals surface area contributed by atoms with Gasteiger partial charge in [0.05, 0.1) is 81.5 Å². The molecule has 19 heteroatoms. The molecule has 0 atom stereocenters. The largest absolute Gasteiger partial charge is 0.508 e. The fraction of sp³-hybridized carbons (Fsp3) is 0.721. The standard InChI is InChI=1S/C18H28BNO4.C12H17BO3.C7H15NO4S.C6H13NO2/c1-17(2)18(3,4)24-19(23-17)15-5-7-16(8-6-15)22-14-11-20-9-12-21-13-10-20;1-11(2)12(3,4)16-13(15-11)9-5-7-10(14)8-6-9;1-13(9,10)12-7-4-8-2-5-11-6-3-8;8-4-1-7-2-5-9-6-3-7/h5-8H,9-14H2,1-4H3;5-8,14H,1-4H3;2-7H2,1H3;8H,1-6H2. The number of phenols is 1. The summed E-state index contributed by atoms with van der Waals surface area (Å²) >= 11 is 0. The highest BCUT2D eigenvalue weighted by Gasteiger charge is 2.52. The first-order valence-corrected chi connectivity index (χ1v) is 23.6. The van der Waals surface area contributed by atoms with E-state index >= 15 is 0 Å². The fourth-order valence-electron chi connectivity index (χ4n) is 6.54. The van der Waals surface area contributed by atoms with Gasteiger partial charge in [0.25, 0.3) is 10.1 Å². The molecule has 5 aliphatic rings. The van der Waals surface area contributed by atoms with E-state index < -0.39 is 10.1 Å². The number of aliphatic hydroxyl groups excluding tert-OH is 1. The van der Waals surface area contributed by atoms with Crippen molar-refractivity contribution in [2.24, 2.45) is 0 Å². The Kier molecular flexibility index (Phi) is 20.4. The van der Waals surface area contributed by atoms with Crippen LogP contribution in [0, 0.1) is 0 Å². The smallest absolute Gasteiger partial charge is 0.494 e. The summed E-state index contributed by atoms with van der Waals surface area (Å²) in [6.07, 6.45) is 1.06. The zero-order valence-electron chi connectivity index (χ0n) is 38.6. The summed E-state index contributed by atoms with van der Waals surface area (Å²) in [5.41, 5.74) is 0.673. The van der Waals surface area contributed by atoms with Gasteiger partial charge in [0.2, 0.25) is 0 Å². The van der Waals surface area contributed by atoms with E-state index in [0.717, 1.165) is 115 Å². The molecule has 2 N–H and O–H groups in total. The van der Waals surface area contributed by atoms with Crippen LogP contribution < -0.4 is 15.7 Å². The van der Waals surface area contributed by atoms with Crippen LogP contribution >= 0.6 is 0 Å². The van der Waals surface area contributed by atoms with Crippen LogP contribution in [0.1, 0.15) is 55.4 Å². The molecule has 2 aromatic rings. The number of morpholine rings is 3. The molecule has 0 saturated carbocycles. The molecule has 0 aliphatic carbocycles. The lowest BCUT2D eigenvalue weighted by Gasteiger charge is -2.32. The highest BCUT2D eigenvalue weighted by molar-refractivity contribution is 7.85. The van der Waals surface area contributed by atoms with Crippen molar-refractivity contribution in [3.8, 4) is 11.5 Å². The van der Waals surface area contributed by atoms with E-state index in [2.05, 4.69) is 46.6 Å². The van der Waals surface area contributed by atoms with Gasteiger partial charge < -0.3 is 47.8 Å². The van der Waals surface area contributed by atoms with Crippen molar-refractivity contribution in [1.29, 1.82) is 0 Å². The maximum absolute atomic E-state index is 10.6. The van der Waals surface area contributed by atoms with Crippen molar-refractivity contribution in [3.63, 3.8) is 0 Å². The van der Waals surface area contributed by atoms with Gasteiger partial charge in [0.1, 0.15) is 18.1 Å². The van der Waals surface area contributed by atoms with Crippen molar-refractivity contribution in [1.82, 2.24) is 14.7 Å². The van der Waals surface area contributed by atoms with Gasteiger partial charge in [-0.15, -0.1) is 0 Å². The highest BCUT2D eigenvalue weighted by atomic mass is 32.2. The van der Waals surface area contributed by atoms with E-state index in [9.17, 15) is 13.5 Å². The fourth-order valence-corrected chi connectivity index (χ4v) is 6.91. The van der Waals surface area contributed by atoms with Crippen LogP contribution in [0.15, 0.2) is 48.5 Å². The number of ether oxygens (including phenoxy) is 4. The van der Waals surface area contributed by atoms with E-state index in [1.54, 1.807) is 12.1 Å². The molecule has 5 saturated heterocycles. The lowest BCUT2D eigenvalue weighted by molar-refractivity contribution is 0.00578. The molecule has 5 heterocycles. The molecule has 7 rings (SSSR count). The second-order valence-electron chi connectivity index (χ2n) is 17.8. The van der Waals surface area contributed by atoms with Gasteiger partial charge in [-0.3, -0.25) is 18.9 Å². The van der Waals surface area contributed by atoms with Gasteiger partial charge in [0.15, 0.2) is 0 Å². The summed E-state index contributed by atoms with van der Waals surface area (Å²) in [7, 11) is -3.96. The zero-order chi connectivity index (χ0) is 45.4. The molecule has 0 aromatic heterocycles. The molecule has 0 radical (unpaired) electrons. The predicted molar refractivity (Wildman–Crippen MR) is 241 cm³/mol. The summed E-state index contributed by atoms with van der Waals surface area (Å²) in [5, 5.41) is 17.8. The van der Waals surface area contributed by atoms with Crippen LogP contribution in [0.4, 0.5) is 0 Å². The summed E-state index contributed by atoms with van der Waals surface area (Å²) in [5.74, 6) is 1.13. The molecule has 62 heavy (non-hydrogen) atoms. The Morgan fingerprint density at radius 2 is 0.903 bits per heavy atom. The molecule has 5 fully saturated rings. The second kappa shape index (κ2) is 24.2. The molecule has 2 aromatic carbocycles. The minimum atomic E-state index is -3.28. The number of nitrogens with zero attached hydrogens (tertiary/aromatic N) is 3. The number of rotatable bonds is 12. The quantitative estimate of drug-likeness (QED) is 0.235. The van der Waals surface area contributed by atoms with E-state index in [4.69, 9.17) is 42.7 Å². The van der Waals surface area contributed by atoms with Gasteiger partial charge in [0, 0.05) is 58.9 Å². The number of aromatic hydroxyl groups is 1. The Hall–Kier alpha value is -2.36. The first-order valence-electron chi connectivity index (χ1n) is 21.8. The third kappa shape index (κ3) is 17.2. The van der Waals surface area contributed by atoms with Crippen LogP contribution in [-0.2, 0) is 47.1 Å². The van der Waals surface area contributed by atoms with Gasteiger partial charge in [-0.2, -0.15) is 8.42 Å². The number of β-amino-alcohol motifs (C(OH)–C–C–N with tert-alkyl or cyclic N) is 1. The number of benzene rings is 2. The molecular formula is C43H73B2N3O13S. The lowest BCUT2D eigenvalue weighted by Crippen LogP contribution is -2.41. The van der Waals surface area contributed by atoms with Crippen LogP contribution in [0.2, 0.25) is 0 Å². The Morgan fingerprint density at radius 3 is 1.26 bits per heavy atom. The van der Waals surface area contributed by atoms with Gasteiger partial charge in [-0.05, 0) is 90.6 Å². The van der Waals surface area contributed by atoms with E-state index in [1.807, 2.05) is 64.1 Å². The number of aliphatic hydroxyl groups is 1. The van der Waals surface area contributed by atoms with Crippen LogP contribution in [-0.4, -0.2) is 195 Å². The number of hydrogen-bond acceptors (Lipinski definition) is 16. The predicted octanol–water partition coefficient (Wildman–Crippen LogP) is 1.99. The molecule has 0 bridgehead atoms. The van der Waals surface area contributed by atoms with Gasteiger partial charge in [-0.25, -0.2) is 0 Å². The maximum atomic E-state index is 10.6. The third-order valence-corrected chi connectivity index (χ3v) is 12.5. The topological polar surface area (TPSA) is 167 Å². The monoisotopic (exact) mass is 894 g/mol. The number of phenolic OH excluding ortho intramolecular Hbond substituents is 1. The summed E-state index contributed by atoms with van der Waals surface area (Å²) in [6, 6.07) is 14.9. The van der Waals surface area contributed by atoms with Crippen LogP contribution in [0.5, 0.6) is 11.5 Å². The highest BCUT2D eigenvalue weighted by Crippen LogP contribution is 2.37. The first kappa shape index (κ1) is 52.3. The average Bonchev–Trinajstić information content (AvgIpc) is 3.59. The molecule has 0 spiro atoms. The molecule has 350 valence electrons. The zero-order valence-corrected chi connectivity index (χ0v) is 39.5. The van der Waals surface area contributed by atoms with Crippen LogP contribution in [0.25, 0.3) is 0 Å².